The molecule has 0 atom stereocenters. The molecular weight excluding hydrogens is 338 g/mol. The summed E-state index contributed by atoms with van der Waals surface area (Å²) in [6.45, 7) is 5.05. The summed E-state index contributed by atoms with van der Waals surface area (Å²) in [7, 11) is 0. The molecule has 0 saturated carbocycles. The van der Waals surface area contributed by atoms with Crippen molar-refractivity contribution in [3.8, 4) is 0 Å². The van der Waals surface area contributed by atoms with Gasteiger partial charge in [0.2, 0.25) is 0 Å². The van der Waals surface area contributed by atoms with Crippen molar-refractivity contribution in [2.24, 2.45) is 0 Å². The van der Waals surface area contributed by atoms with Crippen LogP contribution >= 0.6 is 27.5 Å². The summed E-state index contributed by atoms with van der Waals surface area (Å²) in [6, 6.07) is 8.31. The van der Waals surface area contributed by atoms with Gasteiger partial charge in [0.1, 0.15) is 0 Å². The van der Waals surface area contributed by atoms with E-state index < -0.39 is 0 Å². The highest BCUT2D eigenvalue weighted by Crippen LogP contribution is 2.26. The van der Waals surface area contributed by atoms with E-state index in [1.54, 1.807) is 0 Å². The van der Waals surface area contributed by atoms with Crippen LogP contribution in [0, 0.1) is 0 Å². The fourth-order valence-electron chi connectivity index (χ4n) is 2.16. The minimum absolute atomic E-state index is 0.484. The Bertz CT molecular complexity index is 564. The van der Waals surface area contributed by atoms with Crippen LogP contribution in [0.25, 0.3) is 0 Å². The van der Waals surface area contributed by atoms with E-state index in [1.165, 1.54) is 0 Å². The molecule has 108 valence electrons. The summed E-state index contributed by atoms with van der Waals surface area (Å²) in [5.41, 5.74) is 1.94. The maximum atomic E-state index is 6.15. The lowest BCUT2D eigenvalue weighted by Gasteiger charge is -2.12. The molecule has 20 heavy (non-hydrogen) atoms. The molecule has 5 heteroatoms. The van der Waals surface area contributed by atoms with Crippen LogP contribution in [0.15, 0.2) is 34.9 Å². The second kappa shape index (κ2) is 7.14. The van der Waals surface area contributed by atoms with Crippen molar-refractivity contribution in [3.05, 3.63) is 45.7 Å². The Labute approximate surface area is 133 Å². The van der Waals surface area contributed by atoms with Gasteiger partial charge in [-0.15, -0.1) is 0 Å². The van der Waals surface area contributed by atoms with E-state index in [2.05, 4.69) is 57.1 Å². The maximum absolute atomic E-state index is 6.15. The first-order chi connectivity index (χ1) is 9.63. The quantitative estimate of drug-likeness (QED) is 0.764. The largest absolute Gasteiger partial charge is 0.378 e. The van der Waals surface area contributed by atoms with Crippen molar-refractivity contribution in [2.45, 2.75) is 39.3 Å². The molecule has 0 aliphatic heterocycles. The van der Waals surface area contributed by atoms with E-state index in [4.69, 9.17) is 11.6 Å². The molecule has 2 aromatic rings. The van der Waals surface area contributed by atoms with Gasteiger partial charge in [0.15, 0.2) is 0 Å². The van der Waals surface area contributed by atoms with Gasteiger partial charge in [-0.05, 0) is 37.1 Å². The number of hydrogen-bond acceptors (Lipinski definition) is 2. The minimum atomic E-state index is 0.484. The van der Waals surface area contributed by atoms with Crippen molar-refractivity contribution in [2.75, 3.05) is 5.32 Å². The summed E-state index contributed by atoms with van der Waals surface area (Å²) >= 11 is 9.60. The summed E-state index contributed by atoms with van der Waals surface area (Å²) in [5, 5.41) is 8.65. The van der Waals surface area contributed by atoms with Crippen LogP contribution in [0.4, 0.5) is 5.69 Å². The normalized spacial score (nSPS) is 11.1. The molecule has 0 bridgehead atoms. The van der Waals surface area contributed by atoms with E-state index in [0.29, 0.717) is 17.6 Å². The van der Waals surface area contributed by atoms with E-state index in [-0.39, 0.29) is 0 Å². The van der Waals surface area contributed by atoms with Crippen molar-refractivity contribution in [3.63, 3.8) is 0 Å². The number of hydrogen-bond donors (Lipinski definition) is 1. The van der Waals surface area contributed by atoms with Crippen molar-refractivity contribution >= 4 is 33.2 Å². The Morgan fingerprint density at radius 3 is 2.75 bits per heavy atom. The lowest BCUT2D eigenvalue weighted by atomic mass is 10.2. The van der Waals surface area contributed by atoms with Crippen LogP contribution in [0.1, 0.15) is 38.4 Å². The minimum Gasteiger partial charge on any atom is -0.378 e. The monoisotopic (exact) mass is 355 g/mol. The van der Waals surface area contributed by atoms with Crippen molar-refractivity contribution in [1.29, 1.82) is 0 Å². The van der Waals surface area contributed by atoms with Gasteiger partial charge >= 0.3 is 0 Å². The molecule has 2 rings (SSSR count). The van der Waals surface area contributed by atoms with Crippen molar-refractivity contribution < 1.29 is 0 Å². The molecule has 1 aromatic heterocycles. The number of benzene rings is 1. The van der Waals surface area contributed by atoms with Crippen molar-refractivity contribution in [1.82, 2.24) is 9.78 Å². The first kappa shape index (κ1) is 15.4. The number of anilines is 1. The van der Waals surface area contributed by atoms with Crippen LogP contribution in [0.3, 0.4) is 0 Å². The highest BCUT2D eigenvalue weighted by molar-refractivity contribution is 9.10. The molecule has 0 aliphatic carbocycles. The van der Waals surface area contributed by atoms with Crippen LogP contribution in [-0.2, 0) is 6.54 Å². The Morgan fingerprint density at radius 1 is 1.30 bits per heavy atom. The number of halogens is 2. The van der Waals surface area contributed by atoms with Gasteiger partial charge in [-0.2, -0.15) is 5.10 Å². The first-order valence-corrected chi connectivity index (χ1v) is 8.04. The molecule has 1 aromatic carbocycles. The van der Waals surface area contributed by atoms with Crippen LogP contribution in [0.2, 0.25) is 5.02 Å². The maximum Gasteiger partial charge on any atom is 0.0815 e. The van der Waals surface area contributed by atoms with Crippen LogP contribution < -0.4 is 5.32 Å². The molecule has 0 spiro atoms. The van der Waals surface area contributed by atoms with Gasteiger partial charge < -0.3 is 5.32 Å². The number of rotatable bonds is 6. The Hall–Kier alpha value is -1.00. The standard InChI is InChI=1S/C15H19BrClN3/c1-3-13(4-2)20-8-7-12(19-20)10-18-15-9-11(16)5-6-14(15)17/h5-9,13,18H,3-4,10H2,1-2H3. The molecule has 0 radical (unpaired) electrons. The topological polar surface area (TPSA) is 29.9 Å². The zero-order chi connectivity index (χ0) is 14.5. The zero-order valence-corrected chi connectivity index (χ0v) is 14.1. The summed E-state index contributed by atoms with van der Waals surface area (Å²) < 4.78 is 3.06. The zero-order valence-electron chi connectivity index (χ0n) is 11.7. The third kappa shape index (κ3) is 3.76. The Balaban J connectivity index is 2.02. The lowest BCUT2D eigenvalue weighted by Crippen LogP contribution is -2.09. The van der Waals surface area contributed by atoms with E-state index in [0.717, 1.165) is 28.7 Å². The summed E-state index contributed by atoms with van der Waals surface area (Å²) in [6.07, 6.45) is 4.25. The third-order valence-corrected chi connectivity index (χ3v) is 4.19. The molecule has 0 unspecified atom stereocenters. The first-order valence-electron chi connectivity index (χ1n) is 6.87. The molecule has 0 fully saturated rings. The molecule has 0 aliphatic rings. The SMILES string of the molecule is CCC(CC)n1ccc(CNc2cc(Br)ccc2Cl)n1. The van der Waals surface area contributed by atoms with Gasteiger partial charge in [-0.25, -0.2) is 0 Å². The molecule has 0 amide bonds. The van der Waals surface area contributed by atoms with Gasteiger partial charge in [-0.3, -0.25) is 4.68 Å². The van der Waals surface area contributed by atoms with E-state index >= 15 is 0 Å². The fraction of sp³-hybridized carbons (Fsp3) is 0.400. The fourth-order valence-corrected chi connectivity index (χ4v) is 2.70. The number of nitrogens with zero attached hydrogens (tertiary/aromatic N) is 2. The molecule has 3 nitrogen and oxygen atoms in total. The summed E-state index contributed by atoms with van der Waals surface area (Å²) in [4.78, 5) is 0. The summed E-state index contributed by atoms with van der Waals surface area (Å²) in [5.74, 6) is 0. The third-order valence-electron chi connectivity index (χ3n) is 3.37. The van der Waals surface area contributed by atoms with Gasteiger partial charge in [0.25, 0.3) is 0 Å². The van der Waals surface area contributed by atoms with Gasteiger partial charge in [0.05, 0.1) is 29.0 Å². The van der Waals surface area contributed by atoms with Crippen LogP contribution in [0.5, 0.6) is 0 Å². The Kier molecular flexibility index (Phi) is 5.49. The predicted molar refractivity (Wildman–Crippen MR) is 88.3 cm³/mol. The number of nitrogens with one attached hydrogen (secondary N) is 1. The van der Waals surface area contributed by atoms with Gasteiger partial charge in [-0.1, -0.05) is 41.4 Å². The van der Waals surface area contributed by atoms with E-state index in [1.807, 2.05) is 18.2 Å². The Morgan fingerprint density at radius 2 is 2.05 bits per heavy atom. The highest BCUT2D eigenvalue weighted by atomic mass is 79.9. The predicted octanol–water partition coefficient (Wildman–Crippen LogP) is 5.27. The number of aromatic nitrogens is 2. The van der Waals surface area contributed by atoms with Gasteiger partial charge in [0, 0.05) is 10.7 Å². The lowest BCUT2D eigenvalue weighted by molar-refractivity contribution is 0.426. The molecule has 1 N–H and O–H groups in total. The van der Waals surface area contributed by atoms with Crippen LogP contribution in [-0.4, -0.2) is 9.78 Å². The second-order valence-electron chi connectivity index (χ2n) is 4.74. The average molecular weight is 357 g/mol. The van der Waals surface area contributed by atoms with E-state index in [9.17, 15) is 0 Å². The second-order valence-corrected chi connectivity index (χ2v) is 6.06. The molecular formula is C15H19BrClN3. The molecule has 1 heterocycles. The smallest absolute Gasteiger partial charge is 0.0815 e. The highest BCUT2D eigenvalue weighted by Gasteiger charge is 2.08. The molecule has 0 saturated heterocycles. The average Bonchev–Trinajstić information content (AvgIpc) is 2.90.